The van der Waals surface area contributed by atoms with E-state index in [1.807, 2.05) is 10.9 Å². The molecule has 0 spiro atoms. The number of nitrogens with zero attached hydrogens (tertiary/aromatic N) is 2. The topological polar surface area (TPSA) is 57.5 Å². The monoisotopic (exact) mass is 403 g/mol. The number of benzene rings is 1. The van der Waals surface area contributed by atoms with Crippen LogP contribution in [0.4, 0.5) is 0 Å². The quantitative estimate of drug-likeness (QED) is 0.433. The Bertz CT molecular complexity index is 658. The zero-order chi connectivity index (χ0) is 20.7. The Morgan fingerprint density at radius 2 is 1.62 bits per heavy atom. The van der Waals surface area contributed by atoms with Crippen LogP contribution in [-0.4, -0.2) is 56.0 Å². The Labute approximate surface area is 175 Å². The molecule has 1 heterocycles. The summed E-state index contributed by atoms with van der Waals surface area (Å²) in [6.45, 7) is 12.1. The van der Waals surface area contributed by atoms with Crippen LogP contribution in [0.3, 0.4) is 0 Å². The van der Waals surface area contributed by atoms with Gasteiger partial charge in [0, 0.05) is 25.9 Å². The van der Waals surface area contributed by atoms with E-state index in [0.29, 0.717) is 33.0 Å². The van der Waals surface area contributed by atoms with E-state index in [1.54, 1.807) is 0 Å². The molecule has 1 unspecified atom stereocenters. The van der Waals surface area contributed by atoms with Gasteiger partial charge in [0.15, 0.2) is 0 Å². The van der Waals surface area contributed by atoms with E-state index in [2.05, 4.69) is 61.6 Å². The van der Waals surface area contributed by atoms with Gasteiger partial charge < -0.3 is 19.5 Å². The molecule has 0 aliphatic rings. The predicted molar refractivity (Wildman–Crippen MR) is 116 cm³/mol. The van der Waals surface area contributed by atoms with Crippen LogP contribution < -0.4 is 5.32 Å². The largest absolute Gasteiger partial charge is 0.379 e. The second-order valence-corrected chi connectivity index (χ2v) is 7.28. The summed E-state index contributed by atoms with van der Waals surface area (Å²) in [6.07, 6.45) is 6.25. The van der Waals surface area contributed by atoms with Gasteiger partial charge in [-0.05, 0) is 37.0 Å². The second-order valence-electron chi connectivity index (χ2n) is 7.28. The number of hydrogen-bond donors (Lipinski definition) is 1. The van der Waals surface area contributed by atoms with E-state index >= 15 is 0 Å². The van der Waals surface area contributed by atoms with Crippen molar-refractivity contribution in [2.75, 3.05) is 46.2 Å². The number of rotatable bonds is 16. The van der Waals surface area contributed by atoms with Crippen LogP contribution in [0.15, 0.2) is 36.7 Å². The lowest BCUT2D eigenvalue weighted by molar-refractivity contribution is 0.0146. The van der Waals surface area contributed by atoms with Gasteiger partial charge in [0.25, 0.3) is 0 Å². The van der Waals surface area contributed by atoms with Crippen molar-refractivity contribution in [3.05, 3.63) is 53.3 Å². The number of nitrogens with one attached hydrogen (secondary N) is 1. The molecule has 0 amide bonds. The Balaban J connectivity index is 1.48. The average Bonchev–Trinajstić information content (AvgIpc) is 3.17. The van der Waals surface area contributed by atoms with Crippen molar-refractivity contribution in [1.29, 1.82) is 0 Å². The van der Waals surface area contributed by atoms with Gasteiger partial charge in [-0.25, -0.2) is 0 Å². The minimum atomic E-state index is 0.240. The molecule has 1 N–H and O–H groups in total. The van der Waals surface area contributed by atoms with Crippen LogP contribution in [0.5, 0.6) is 0 Å². The van der Waals surface area contributed by atoms with Crippen LogP contribution in [0.2, 0.25) is 0 Å². The summed E-state index contributed by atoms with van der Waals surface area (Å²) >= 11 is 0. The highest BCUT2D eigenvalue weighted by Gasteiger charge is 2.08. The fraction of sp³-hybridized carbons (Fsp3) is 0.609. The second kappa shape index (κ2) is 14.3. The molecule has 1 aromatic carbocycles. The third-order valence-electron chi connectivity index (χ3n) is 4.73. The molecule has 0 saturated carbocycles. The molecule has 2 rings (SSSR count). The summed E-state index contributed by atoms with van der Waals surface area (Å²) in [5.74, 6) is 0. The molecule has 1 aromatic heterocycles. The van der Waals surface area contributed by atoms with E-state index < -0.39 is 0 Å². The fourth-order valence-electron chi connectivity index (χ4n) is 2.88. The van der Waals surface area contributed by atoms with Crippen LogP contribution in [0, 0.1) is 6.92 Å². The lowest BCUT2D eigenvalue weighted by atomic mass is 10.1. The SMILES string of the molecule is CCCCOCCOCCOCCNCc1ccc(C(C)n2cc(C)cn2)cc1. The average molecular weight is 404 g/mol. The zero-order valence-electron chi connectivity index (χ0n) is 18.2. The van der Waals surface area contributed by atoms with Gasteiger partial charge in [-0.1, -0.05) is 37.6 Å². The van der Waals surface area contributed by atoms with Crippen molar-refractivity contribution in [2.45, 2.75) is 46.2 Å². The molecule has 2 aromatic rings. The summed E-state index contributed by atoms with van der Waals surface area (Å²) in [5.41, 5.74) is 3.71. The van der Waals surface area contributed by atoms with Crippen molar-refractivity contribution in [3.8, 4) is 0 Å². The minimum Gasteiger partial charge on any atom is -0.379 e. The Morgan fingerprint density at radius 1 is 0.966 bits per heavy atom. The van der Waals surface area contributed by atoms with Gasteiger partial charge >= 0.3 is 0 Å². The highest BCUT2D eigenvalue weighted by Crippen LogP contribution is 2.18. The fourth-order valence-corrected chi connectivity index (χ4v) is 2.88. The molecular formula is C23H37N3O3. The first-order chi connectivity index (χ1) is 14.2. The molecule has 0 radical (unpaired) electrons. The maximum atomic E-state index is 5.58. The summed E-state index contributed by atoms with van der Waals surface area (Å²) in [7, 11) is 0. The molecule has 0 aliphatic heterocycles. The lowest BCUT2D eigenvalue weighted by Gasteiger charge is -2.13. The number of aromatic nitrogens is 2. The highest BCUT2D eigenvalue weighted by atomic mass is 16.5. The normalized spacial score (nSPS) is 12.4. The van der Waals surface area contributed by atoms with Crippen molar-refractivity contribution in [3.63, 3.8) is 0 Å². The first kappa shape index (κ1) is 23.5. The first-order valence-electron chi connectivity index (χ1n) is 10.7. The van der Waals surface area contributed by atoms with E-state index in [4.69, 9.17) is 14.2 Å². The van der Waals surface area contributed by atoms with Crippen LogP contribution in [0.1, 0.15) is 49.4 Å². The highest BCUT2D eigenvalue weighted by molar-refractivity contribution is 5.25. The molecule has 29 heavy (non-hydrogen) atoms. The lowest BCUT2D eigenvalue weighted by Crippen LogP contribution is -2.20. The molecule has 0 bridgehead atoms. The van der Waals surface area contributed by atoms with Gasteiger partial charge in [-0.2, -0.15) is 5.10 Å². The van der Waals surface area contributed by atoms with Crippen molar-refractivity contribution in [2.24, 2.45) is 0 Å². The number of hydrogen-bond acceptors (Lipinski definition) is 5. The first-order valence-corrected chi connectivity index (χ1v) is 10.7. The van der Waals surface area contributed by atoms with Gasteiger partial charge in [0.05, 0.1) is 45.3 Å². The number of unbranched alkanes of at least 4 members (excludes halogenated alkanes) is 1. The Kier molecular flexibility index (Phi) is 11.6. The maximum absolute atomic E-state index is 5.58. The molecule has 1 atom stereocenters. The number of aryl methyl sites for hydroxylation is 1. The minimum absolute atomic E-state index is 0.240. The smallest absolute Gasteiger partial charge is 0.0740 e. The molecule has 6 heteroatoms. The third-order valence-corrected chi connectivity index (χ3v) is 4.73. The Hall–Kier alpha value is -1.73. The summed E-state index contributed by atoms with van der Waals surface area (Å²) in [6, 6.07) is 8.94. The van der Waals surface area contributed by atoms with E-state index in [1.165, 1.54) is 23.1 Å². The van der Waals surface area contributed by atoms with Gasteiger partial charge in [-0.15, -0.1) is 0 Å². The summed E-state index contributed by atoms with van der Waals surface area (Å²) in [4.78, 5) is 0. The van der Waals surface area contributed by atoms with Gasteiger partial charge in [0.1, 0.15) is 0 Å². The van der Waals surface area contributed by atoms with Gasteiger partial charge in [0.2, 0.25) is 0 Å². The van der Waals surface area contributed by atoms with Crippen LogP contribution in [-0.2, 0) is 20.8 Å². The molecule has 0 saturated heterocycles. The molecule has 0 aliphatic carbocycles. The zero-order valence-corrected chi connectivity index (χ0v) is 18.2. The van der Waals surface area contributed by atoms with Crippen LogP contribution >= 0.6 is 0 Å². The molecule has 6 nitrogen and oxygen atoms in total. The standard InChI is InChI=1S/C23H37N3O3/c1-4-5-11-27-13-15-29-16-14-28-12-10-24-18-22-6-8-23(9-7-22)21(3)26-19-20(2)17-25-26/h6-9,17,19,21,24H,4-5,10-16,18H2,1-3H3. The van der Waals surface area contributed by atoms with Crippen molar-refractivity contribution in [1.82, 2.24) is 15.1 Å². The van der Waals surface area contributed by atoms with Crippen molar-refractivity contribution >= 4 is 0 Å². The van der Waals surface area contributed by atoms with Gasteiger partial charge in [-0.3, -0.25) is 4.68 Å². The molecule has 162 valence electrons. The molecular weight excluding hydrogens is 366 g/mol. The Morgan fingerprint density at radius 3 is 2.24 bits per heavy atom. The van der Waals surface area contributed by atoms with Crippen LogP contribution in [0.25, 0.3) is 0 Å². The van der Waals surface area contributed by atoms with Crippen molar-refractivity contribution < 1.29 is 14.2 Å². The third kappa shape index (κ3) is 9.54. The summed E-state index contributed by atoms with van der Waals surface area (Å²) < 4.78 is 18.5. The van der Waals surface area contributed by atoms with E-state index in [9.17, 15) is 0 Å². The summed E-state index contributed by atoms with van der Waals surface area (Å²) in [5, 5.41) is 7.82. The van der Waals surface area contributed by atoms with E-state index in [0.717, 1.165) is 26.1 Å². The molecule has 0 fully saturated rings. The van der Waals surface area contributed by atoms with E-state index in [-0.39, 0.29) is 6.04 Å². The predicted octanol–water partition coefficient (Wildman–Crippen LogP) is 3.74. The number of ether oxygens (including phenoxy) is 3. The maximum Gasteiger partial charge on any atom is 0.0740 e.